The van der Waals surface area contributed by atoms with Gasteiger partial charge in [0, 0.05) is 0 Å². The van der Waals surface area contributed by atoms with Crippen LogP contribution in [0.5, 0.6) is 5.75 Å². The number of hydrazone groups is 1. The zero-order chi connectivity index (χ0) is 25.6. The molecule has 9 heteroatoms. The third kappa shape index (κ3) is 5.62. The van der Waals surface area contributed by atoms with Gasteiger partial charge < -0.3 is 9.15 Å². The van der Waals surface area contributed by atoms with Gasteiger partial charge in [0.1, 0.15) is 11.5 Å². The fraction of sp³-hybridized carbons (Fsp3) is 0.0714. The van der Waals surface area contributed by atoms with Gasteiger partial charge in [-0.25, -0.2) is 10.4 Å². The van der Waals surface area contributed by atoms with E-state index in [1.807, 2.05) is 73.7 Å². The van der Waals surface area contributed by atoms with Gasteiger partial charge in [-0.15, -0.1) is 0 Å². The molecule has 0 unspecified atom stereocenters. The van der Waals surface area contributed by atoms with Crippen LogP contribution in [0, 0.1) is 6.92 Å². The summed E-state index contributed by atoms with van der Waals surface area (Å²) in [7, 11) is 0. The van der Waals surface area contributed by atoms with E-state index in [9.17, 15) is 9.59 Å². The summed E-state index contributed by atoms with van der Waals surface area (Å²) in [5.41, 5.74) is 4.51. The first-order valence-electron chi connectivity index (χ1n) is 11.4. The molecule has 0 aliphatic carbocycles. The van der Waals surface area contributed by atoms with Gasteiger partial charge >= 0.3 is 0 Å². The molecule has 2 aromatic heterocycles. The first-order valence-corrected chi connectivity index (χ1v) is 12.3. The predicted molar refractivity (Wildman–Crippen MR) is 143 cm³/mol. The zero-order valence-electron chi connectivity index (χ0n) is 19.8. The molecule has 0 aliphatic rings. The van der Waals surface area contributed by atoms with E-state index in [2.05, 4.69) is 10.5 Å². The molecule has 184 valence electrons. The molecule has 5 rings (SSSR count). The molecule has 37 heavy (non-hydrogen) atoms. The van der Waals surface area contributed by atoms with E-state index in [1.54, 1.807) is 28.8 Å². The number of nitrogens with one attached hydrogen (secondary N) is 1. The molecule has 0 saturated carbocycles. The fourth-order valence-electron chi connectivity index (χ4n) is 3.60. The Balaban J connectivity index is 1.30. The predicted octanol–water partition coefficient (Wildman–Crippen LogP) is 4.97. The third-order valence-electron chi connectivity index (χ3n) is 5.39. The molecule has 0 radical (unpaired) electrons. The van der Waals surface area contributed by atoms with Crippen LogP contribution in [0.25, 0.3) is 16.6 Å². The number of furan rings is 1. The number of aromatic nitrogens is 2. The third-order valence-corrected chi connectivity index (χ3v) is 6.26. The van der Waals surface area contributed by atoms with Crippen molar-refractivity contribution in [1.82, 2.24) is 15.0 Å². The van der Waals surface area contributed by atoms with E-state index in [-0.39, 0.29) is 12.2 Å². The Hall–Kier alpha value is -4.63. The lowest BCUT2D eigenvalue weighted by Gasteiger charge is -2.12. The number of nitrogens with zero attached hydrogens (tertiary/aromatic N) is 3. The summed E-state index contributed by atoms with van der Waals surface area (Å²) in [6, 6.07) is 27.5. The minimum atomic E-state index is -0.395. The van der Waals surface area contributed by atoms with Crippen LogP contribution in [-0.4, -0.2) is 28.3 Å². The van der Waals surface area contributed by atoms with Crippen molar-refractivity contribution in [1.29, 1.82) is 0 Å². The number of aryl methyl sites for hydroxylation is 1. The molecule has 0 fully saturated rings. The van der Waals surface area contributed by atoms with Crippen LogP contribution in [0.3, 0.4) is 0 Å². The highest BCUT2D eigenvalue weighted by Gasteiger charge is 2.15. The van der Waals surface area contributed by atoms with Gasteiger partial charge in [-0.3, -0.25) is 14.2 Å². The molecule has 0 saturated heterocycles. The highest BCUT2D eigenvalue weighted by molar-refractivity contribution is 7.99. The van der Waals surface area contributed by atoms with Gasteiger partial charge in [0.05, 0.1) is 22.8 Å². The summed E-state index contributed by atoms with van der Waals surface area (Å²) in [6.07, 6.45) is 1.40. The molecule has 5 aromatic rings. The molecule has 1 amide bonds. The van der Waals surface area contributed by atoms with Crippen molar-refractivity contribution < 1.29 is 13.9 Å². The maximum Gasteiger partial charge on any atom is 0.277 e. The van der Waals surface area contributed by atoms with Gasteiger partial charge in [-0.2, -0.15) is 5.10 Å². The minimum absolute atomic E-state index is 0.161. The Morgan fingerprint density at radius 3 is 2.62 bits per heavy atom. The van der Waals surface area contributed by atoms with Crippen LogP contribution in [0.2, 0.25) is 0 Å². The monoisotopic (exact) mass is 510 g/mol. The van der Waals surface area contributed by atoms with Crippen LogP contribution in [-0.2, 0) is 4.79 Å². The molecule has 1 N–H and O–H groups in total. The maximum atomic E-state index is 13.3. The van der Waals surface area contributed by atoms with Crippen molar-refractivity contribution in [2.75, 3.05) is 6.61 Å². The number of para-hydroxylation sites is 3. The SMILES string of the molecule is Cc1ccccc1OCC(=O)N/N=C/c1ccc(Sc2nc3ccccc3c(=O)n2-c2ccccc2)o1. The van der Waals surface area contributed by atoms with Crippen molar-refractivity contribution in [3.05, 3.63) is 113 Å². The number of carbonyl (C=O) groups is 1. The topological polar surface area (TPSA) is 98.7 Å². The molecule has 2 heterocycles. The van der Waals surface area contributed by atoms with Gasteiger partial charge in [0.15, 0.2) is 16.9 Å². The number of carbonyl (C=O) groups excluding carboxylic acids is 1. The number of ether oxygens (including phenoxy) is 1. The number of hydrogen-bond donors (Lipinski definition) is 1. The van der Waals surface area contributed by atoms with Crippen LogP contribution in [0.1, 0.15) is 11.3 Å². The summed E-state index contributed by atoms with van der Waals surface area (Å²) < 4.78 is 12.9. The molecule has 8 nitrogen and oxygen atoms in total. The van der Waals surface area contributed by atoms with E-state index in [4.69, 9.17) is 14.1 Å². The number of benzene rings is 3. The highest BCUT2D eigenvalue weighted by Crippen LogP contribution is 2.29. The average Bonchev–Trinajstić information content (AvgIpc) is 3.36. The van der Waals surface area contributed by atoms with Gasteiger partial charge in [-0.1, -0.05) is 48.5 Å². The van der Waals surface area contributed by atoms with Crippen LogP contribution < -0.4 is 15.7 Å². The van der Waals surface area contributed by atoms with Gasteiger partial charge in [-0.05, 0) is 66.7 Å². The number of fused-ring (bicyclic) bond motifs is 1. The number of rotatable bonds is 8. The molecule has 0 aliphatic heterocycles. The molecule has 0 bridgehead atoms. The molecule has 0 spiro atoms. The maximum absolute atomic E-state index is 13.3. The Morgan fingerprint density at radius 2 is 1.78 bits per heavy atom. The Kier molecular flexibility index (Phi) is 7.14. The summed E-state index contributed by atoms with van der Waals surface area (Å²) in [5.74, 6) is 0.676. The summed E-state index contributed by atoms with van der Waals surface area (Å²) in [6.45, 7) is 1.75. The fourth-order valence-corrected chi connectivity index (χ4v) is 4.47. The largest absolute Gasteiger partial charge is 0.483 e. The second-order valence-electron chi connectivity index (χ2n) is 7.99. The van der Waals surface area contributed by atoms with E-state index in [1.165, 1.54) is 18.0 Å². The molecular formula is C28H22N4O4S. The Morgan fingerprint density at radius 1 is 1.03 bits per heavy atom. The Labute approximate surface area is 216 Å². The first kappa shape index (κ1) is 24.1. The van der Waals surface area contributed by atoms with E-state index < -0.39 is 5.91 Å². The summed E-state index contributed by atoms with van der Waals surface area (Å²) >= 11 is 1.22. The average molecular weight is 511 g/mol. The lowest BCUT2D eigenvalue weighted by Crippen LogP contribution is -2.24. The normalized spacial score (nSPS) is 11.2. The van der Waals surface area contributed by atoms with Crippen molar-refractivity contribution in [3.63, 3.8) is 0 Å². The van der Waals surface area contributed by atoms with E-state index in [0.29, 0.717) is 38.3 Å². The molecular weight excluding hydrogens is 488 g/mol. The second kappa shape index (κ2) is 11.0. The van der Waals surface area contributed by atoms with Crippen molar-refractivity contribution >= 4 is 34.8 Å². The van der Waals surface area contributed by atoms with Crippen LogP contribution in [0.4, 0.5) is 0 Å². The van der Waals surface area contributed by atoms with E-state index in [0.717, 1.165) is 5.56 Å². The lowest BCUT2D eigenvalue weighted by molar-refractivity contribution is -0.123. The smallest absolute Gasteiger partial charge is 0.277 e. The van der Waals surface area contributed by atoms with E-state index >= 15 is 0 Å². The van der Waals surface area contributed by atoms with Crippen LogP contribution >= 0.6 is 11.8 Å². The van der Waals surface area contributed by atoms with Crippen molar-refractivity contribution in [2.45, 2.75) is 17.2 Å². The van der Waals surface area contributed by atoms with Crippen molar-refractivity contribution in [3.8, 4) is 11.4 Å². The standard InChI is InChI=1S/C28H22N4O4S/c1-19-9-5-8-14-24(19)35-18-25(33)31-29-17-21-15-16-26(36-21)37-28-30-23-13-7-6-12-22(23)27(34)32(28)20-10-3-2-4-11-20/h2-17H,18H2,1H3,(H,31,33)/b29-17+. The van der Waals surface area contributed by atoms with Gasteiger partial charge in [0.2, 0.25) is 0 Å². The number of amides is 1. The summed E-state index contributed by atoms with van der Waals surface area (Å²) in [4.78, 5) is 30.1. The van der Waals surface area contributed by atoms with Crippen molar-refractivity contribution in [2.24, 2.45) is 5.10 Å². The first-order chi connectivity index (χ1) is 18.1. The Bertz CT molecular complexity index is 1640. The quantitative estimate of drug-likeness (QED) is 0.180. The lowest BCUT2D eigenvalue weighted by atomic mass is 10.2. The minimum Gasteiger partial charge on any atom is -0.483 e. The zero-order valence-corrected chi connectivity index (χ0v) is 20.6. The molecule has 0 atom stereocenters. The summed E-state index contributed by atoms with van der Waals surface area (Å²) in [5, 5.41) is 5.45. The van der Waals surface area contributed by atoms with Gasteiger partial charge in [0.25, 0.3) is 11.5 Å². The highest BCUT2D eigenvalue weighted by atomic mass is 32.2. The van der Waals surface area contributed by atoms with Crippen LogP contribution in [0.15, 0.2) is 116 Å². The second-order valence-corrected chi connectivity index (χ2v) is 8.97. The molecule has 3 aromatic carbocycles. The number of hydrogen-bond acceptors (Lipinski definition) is 7.